The number of anilines is 1. The van der Waals surface area contributed by atoms with Crippen molar-refractivity contribution in [1.82, 2.24) is 9.62 Å². The molecule has 0 aromatic heterocycles. The van der Waals surface area contributed by atoms with E-state index in [2.05, 4.69) is 5.32 Å². The lowest BCUT2D eigenvalue weighted by atomic mass is 10.0. The average Bonchev–Trinajstić information content (AvgIpc) is 3.35. The number of hydrogen-bond acceptors (Lipinski definition) is 8. The van der Waals surface area contributed by atoms with Crippen LogP contribution in [0.2, 0.25) is 0 Å². The Labute approximate surface area is 231 Å². The largest absolute Gasteiger partial charge is 0.444 e. The number of nitrogen functional groups attached to an aromatic ring is 1. The van der Waals surface area contributed by atoms with Crippen molar-refractivity contribution in [2.45, 2.75) is 49.8 Å². The lowest BCUT2D eigenvalue weighted by Gasteiger charge is -2.34. The lowest BCUT2D eigenvalue weighted by molar-refractivity contribution is 0.0704. The van der Waals surface area contributed by atoms with Crippen LogP contribution in [0.5, 0.6) is 0 Å². The molecule has 3 rings (SSSR count). The number of alkyl carbamates (subject to hydrolysis) is 1. The van der Waals surface area contributed by atoms with E-state index in [1.165, 1.54) is 41.9 Å². The molecule has 0 saturated carbocycles. The number of ether oxygens (including phenoxy) is 2. The topological polar surface area (TPSA) is 137 Å². The molecule has 2 aromatic rings. The van der Waals surface area contributed by atoms with Crippen LogP contribution in [0.4, 0.5) is 10.5 Å². The predicted molar refractivity (Wildman–Crippen MR) is 152 cm³/mol. The molecule has 0 unspecified atom stereocenters. The van der Waals surface area contributed by atoms with E-state index in [1.54, 1.807) is 0 Å². The summed E-state index contributed by atoms with van der Waals surface area (Å²) in [6.45, 7) is 7.63. The van der Waals surface area contributed by atoms with E-state index in [0.717, 1.165) is 5.56 Å². The van der Waals surface area contributed by atoms with E-state index >= 15 is 0 Å². The molecule has 3 N–H and O–H groups in total. The van der Waals surface area contributed by atoms with E-state index < -0.39 is 35.6 Å². The third-order valence-electron chi connectivity index (χ3n) is 6.07. The van der Waals surface area contributed by atoms with Gasteiger partial charge in [0.05, 0.1) is 30.3 Å². The monoisotopic (exact) mass is 581 g/mol. The molecule has 216 valence electrons. The first-order valence-corrected chi connectivity index (χ1v) is 17.0. The summed E-state index contributed by atoms with van der Waals surface area (Å²) in [5.74, 6) is -0.0165. The average molecular weight is 582 g/mol. The number of amides is 1. The highest BCUT2D eigenvalue weighted by atomic mass is 32.2. The first-order valence-electron chi connectivity index (χ1n) is 13.0. The van der Waals surface area contributed by atoms with Gasteiger partial charge in [0.15, 0.2) is 7.37 Å². The van der Waals surface area contributed by atoms with Crippen LogP contribution in [-0.4, -0.2) is 76.7 Å². The van der Waals surface area contributed by atoms with Crippen LogP contribution in [0.25, 0.3) is 0 Å². The smallest absolute Gasteiger partial charge is 0.407 e. The Balaban J connectivity index is 1.96. The van der Waals surface area contributed by atoms with Gasteiger partial charge in [0.1, 0.15) is 6.10 Å². The van der Waals surface area contributed by atoms with E-state index in [9.17, 15) is 17.8 Å². The summed E-state index contributed by atoms with van der Waals surface area (Å²) in [5.41, 5.74) is 7.11. The van der Waals surface area contributed by atoms with Gasteiger partial charge in [-0.15, -0.1) is 0 Å². The second-order valence-corrected chi connectivity index (χ2v) is 15.2. The van der Waals surface area contributed by atoms with Crippen molar-refractivity contribution < 1.29 is 31.8 Å². The summed E-state index contributed by atoms with van der Waals surface area (Å²) in [5, 5.41) is 2.87. The number of rotatable bonds is 13. The predicted octanol–water partition coefficient (Wildman–Crippen LogP) is 3.96. The number of sulfonamides is 1. The van der Waals surface area contributed by atoms with Gasteiger partial charge in [0, 0.05) is 38.5 Å². The van der Waals surface area contributed by atoms with Crippen molar-refractivity contribution in [3.63, 3.8) is 0 Å². The first-order chi connectivity index (χ1) is 18.3. The van der Waals surface area contributed by atoms with Crippen molar-refractivity contribution in [3.05, 3.63) is 60.2 Å². The minimum absolute atomic E-state index is 0.0165. The van der Waals surface area contributed by atoms with Crippen molar-refractivity contribution in [2.24, 2.45) is 5.92 Å². The molecule has 0 radical (unpaired) electrons. The standard InChI is InChI=1S/C27H40N3O7PS/c1-20(2)17-30(39(33,34)24-12-10-22(28)11-13-24)18-26(37-38(3,4)32)25(16-21-8-6-5-7-9-21)29-27(31)36-23-14-15-35-19-23/h5-13,20,23,25-26H,14-19,28H2,1-4H3,(H,29,31)/t23-,25-,26+/m0/s1. The Morgan fingerprint density at radius 2 is 1.79 bits per heavy atom. The number of nitrogens with zero attached hydrogens (tertiary/aromatic N) is 1. The molecule has 3 atom stereocenters. The highest BCUT2D eigenvalue weighted by Crippen LogP contribution is 2.40. The summed E-state index contributed by atoms with van der Waals surface area (Å²) in [4.78, 5) is 13.0. The van der Waals surface area contributed by atoms with Crippen molar-refractivity contribution in [1.29, 1.82) is 0 Å². The van der Waals surface area contributed by atoms with Gasteiger partial charge in [0.25, 0.3) is 0 Å². The molecule has 1 fully saturated rings. The van der Waals surface area contributed by atoms with E-state index in [-0.39, 0.29) is 30.0 Å². The molecular weight excluding hydrogens is 541 g/mol. The number of nitrogens with two attached hydrogens (primary N) is 1. The minimum Gasteiger partial charge on any atom is -0.444 e. The zero-order chi connectivity index (χ0) is 28.6. The molecule has 0 aliphatic carbocycles. The molecule has 39 heavy (non-hydrogen) atoms. The lowest BCUT2D eigenvalue weighted by Crippen LogP contribution is -2.52. The molecule has 0 bridgehead atoms. The van der Waals surface area contributed by atoms with Crippen LogP contribution in [0, 0.1) is 5.92 Å². The second-order valence-electron chi connectivity index (χ2n) is 10.5. The highest BCUT2D eigenvalue weighted by Gasteiger charge is 2.35. The maximum absolute atomic E-state index is 13.7. The zero-order valence-electron chi connectivity index (χ0n) is 23.0. The number of carbonyl (C=O) groups is 1. The van der Waals surface area contributed by atoms with E-state index in [4.69, 9.17) is 19.7 Å². The van der Waals surface area contributed by atoms with Crippen LogP contribution >= 0.6 is 7.37 Å². The number of hydrogen-bond donors (Lipinski definition) is 2. The maximum Gasteiger partial charge on any atom is 0.407 e. The fourth-order valence-corrected chi connectivity index (χ4v) is 6.80. The molecule has 12 heteroatoms. The second kappa shape index (κ2) is 13.8. The van der Waals surface area contributed by atoms with Crippen LogP contribution in [0.3, 0.4) is 0 Å². The van der Waals surface area contributed by atoms with E-state index in [1.807, 2.05) is 44.2 Å². The SMILES string of the molecule is CC(C)CN(C[C@@H](OP(C)(C)=O)[C@H](Cc1ccccc1)NC(=O)O[C@H]1CCOC1)S(=O)(=O)c1ccc(N)cc1. The third kappa shape index (κ3) is 9.92. The molecule has 1 heterocycles. The van der Waals surface area contributed by atoms with Crippen LogP contribution in [0.1, 0.15) is 25.8 Å². The molecule has 1 aliphatic heterocycles. The highest BCUT2D eigenvalue weighted by molar-refractivity contribution is 7.89. The number of benzene rings is 2. The summed E-state index contributed by atoms with van der Waals surface area (Å²) < 4.78 is 58.6. The number of carbonyl (C=O) groups excluding carboxylic acids is 1. The molecule has 0 spiro atoms. The Morgan fingerprint density at radius 3 is 2.36 bits per heavy atom. The van der Waals surface area contributed by atoms with Crippen molar-refractivity contribution >= 4 is 29.2 Å². The minimum atomic E-state index is -3.97. The summed E-state index contributed by atoms with van der Waals surface area (Å²) in [7, 11) is -7.09. The summed E-state index contributed by atoms with van der Waals surface area (Å²) >= 11 is 0. The van der Waals surface area contributed by atoms with Gasteiger partial charge in [-0.1, -0.05) is 44.2 Å². The fraction of sp³-hybridized carbons (Fsp3) is 0.519. The van der Waals surface area contributed by atoms with Gasteiger partial charge in [-0.2, -0.15) is 4.31 Å². The Morgan fingerprint density at radius 1 is 1.13 bits per heavy atom. The molecule has 2 aromatic carbocycles. The Hall–Kier alpha value is -2.43. The first kappa shape index (κ1) is 31.1. The van der Waals surface area contributed by atoms with Gasteiger partial charge >= 0.3 is 6.09 Å². The third-order valence-corrected chi connectivity index (χ3v) is 8.70. The molecule has 1 saturated heterocycles. The maximum atomic E-state index is 13.7. The molecule has 10 nitrogen and oxygen atoms in total. The summed E-state index contributed by atoms with van der Waals surface area (Å²) in [6.07, 6.45) is -1.08. The van der Waals surface area contributed by atoms with Crippen LogP contribution in [0.15, 0.2) is 59.5 Å². The van der Waals surface area contributed by atoms with Crippen LogP contribution < -0.4 is 11.1 Å². The summed E-state index contributed by atoms with van der Waals surface area (Å²) in [6, 6.07) is 14.7. The van der Waals surface area contributed by atoms with Gasteiger partial charge < -0.3 is 25.0 Å². The molecule has 1 aliphatic rings. The van der Waals surface area contributed by atoms with Gasteiger partial charge in [0.2, 0.25) is 10.0 Å². The molecular formula is C27H40N3O7PS. The fourth-order valence-electron chi connectivity index (χ4n) is 4.31. The van der Waals surface area contributed by atoms with Crippen molar-refractivity contribution in [3.8, 4) is 0 Å². The normalized spacial score (nSPS) is 17.7. The van der Waals surface area contributed by atoms with Crippen molar-refractivity contribution in [2.75, 3.05) is 45.4 Å². The van der Waals surface area contributed by atoms with Gasteiger partial charge in [-0.3, -0.25) is 4.57 Å². The van der Waals surface area contributed by atoms with Crippen LogP contribution in [-0.2, 0) is 35.0 Å². The zero-order valence-corrected chi connectivity index (χ0v) is 24.7. The quantitative estimate of drug-likeness (QED) is 0.268. The van der Waals surface area contributed by atoms with E-state index in [0.29, 0.717) is 31.7 Å². The van der Waals surface area contributed by atoms with Gasteiger partial charge in [-0.25, -0.2) is 13.2 Å². The Bertz CT molecular complexity index is 1210. The van der Waals surface area contributed by atoms with Gasteiger partial charge in [-0.05, 0) is 42.2 Å². The number of nitrogens with one attached hydrogen (secondary N) is 1. The molecule has 1 amide bonds. The Kier molecular flexibility index (Phi) is 11.0.